The van der Waals surface area contributed by atoms with Gasteiger partial charge in [-0.3, -0.25) is 0 Å². The molecule has 0 aromatic carbocycles. The predicted molar refractivity (Wildman–Crippen MR) is 30.0 cm³/mol. The minimum Gasteiger partial charge on any atom is -0.303 e. The number of hydrogen-bond acceptors (Lipinski definition) is 1. The quantitative estimate of drug-likeness (QED) is 0.382. The third-order valence-electron chi connectivity index (χ3n) is 0.504. The summed E-state index contributed by atoms with van der Waals surface area (Å²) in [6, 6.07) is 0. The van der Waals surface area contributed by atoms with Gasteiger partial charge in [-0.25, -0.2) is 0 Å². The number of carbonyl (C=O) groups is 1. The highest BCUT2D eigenvalue weighted by Gasteiger charge is 1.64. The lowest BCUT2D eigenvalue weighted by Gasteiger charge is -1.68. The first-order valence-corrected chi connectivity index (χ1v) is 2.13. The summed E-state index contributed by atoms with van der Waals surface area (Å²) in [6.45, 7) is 3.43. The second kappa shape index (κ2) is 5.15. The van der Waals surface area contributed by atoms with Crippen molar-refractivity contribution >= 4 is 6.29 Å². The van der Waals surface area contributed by atoms with Crippen LogP contribution in [0.2, 0.25) is 0 Å². The van der Waals surface area contributed by atoms with E-state index in [1.54, 1.807) is 18.2 Å². The van der Waals surface area contributed by atoms with Crippen molar-refractivity contribution in [3.05, 3.63) is 24.8 Å². The lowest BCUT2D eigenvalue weighted by molar-refractivity contribution is -0.107. The Balaban J connectivity index is 3.08. The van der Waals surface area contributed by atoms with Crippen molar-refractivity contribution in [2.45, 2.75) is 6.42 Å². The molecule has 0 bridgehead atoms. The van der Waals surface area contributed by atoms with Crippen LogP contribution in [0.4, 0.5) is 0 Å². The van der Waals surface area contributed by atoms with E-state index in [4.69, 9.17) is 0 Å². The first kappa shape index (κ1) is 6.15. The maximum absolute atomic E-state index is 9.59. The van der Waals surface area contributed by atoms with Gasteiger partial charge in [0.15, 0.2) is 0 Å². The monoisotopic (exact) mass is 96.1 g/mol. The zero-order chi connectivity index (χ0) is 5.54. The molecule has 0 saturated heterocycles. The number of rotatable bonds is 3. The molecule has 1 nitrogen and oxygen atoms in total. The molecular formula is C6H8O. The topological polar surface area (TPSA) is 17.1 Å². The zero-order valence-corrected chi connectivity index (χ0v) is 4.13. The maximum Gasteiger partial charge on any atom is 0.123 e. The molecule has 0 aliphatic rings. The van der Waals surface area contributed by atoms with E-state index in [2.05, 4.69) is 6.58 Å². The van der Waals surface area contributed by atoms with Crippen molar-refractivity contribution in [1.29, 1.82) is 0 Å². The highest BCUT2D eigenvalue weighted by Crippen LogP contribution is 1.75. The van der Waals surface area contributed by atoms with Gasteiger partial charge in [-0.1, -0.05) is 24.8 Å². The Morgan fingerprint density at radius 2 is 2.29 bits per heavy atom. The molecule has 7 heavy (non-hydrogen) atoms. The molecule has 1 heteroatoms. The molecule has 0 N–H and O–H groups in total. The number of aldehydes is 1. The molecule has 0 rings (SSSR count). The van der Waals surface area contributed by atoms with Crippen molar-refractivity contribution in [3.63, 3.8) is 0 Å². The van der Waals surface area contributed by atoms with E-state index in [0.717, 1.165) is 6.29 Å². The summed E-state index contributed by atoms with van der Waals surface area (Å²) < 4.78 is 0. The summed E-state index contributed by atoms with van der Waals surface area (Å²) in [5, 5.41) is 0. The summed E-state index contributed by atoms with van der Waals surface area (Å²) in [7, 11) is 0. The second-order valence-corrected chi connectivity index (χ2v) is 1.07. The third-order valence-corrected chi connectivity index (χ3v) is 0.504. The van der Waals surface area contributed by atoms with Gasteiger partial charge in [0.25, 0.3) is 0 Å². The van der Waals surface area contributed by atoms with Gasteiger partial charge in [0.2, 0.25) is 0 Å². The molecule has 0 saturated carbocycles. The molecule has 0 atom stereocenters. The van der Waals surface area contributed by atoms with E-state index in [0.29, 0.717) is 6.42 Å². The molecule has 0 amide bonds. The first-order chi connectivity index (χ1) is 3.41. The third kappa shape index (κ3) is 5.15. The van der Waals surface area contributed by atoms with E-state index in [9.17, 15) is 4.79 Å². The Morgan fingerprint density at radius 3 is 2.71 bits per heavy atom. The van der Waals surface area contributed by atoms with E-state index in [-0.39, 0.29) is 0 Å². The number of carbonyl (C=O) groups excluding carboxylic acids is 1. The van der Waals surface area contributed by atoms with E-state index >= 15 is 0 Å². The minimum absolute atomic E-state index is 0.492. The fraction of sp³-hybridized carbons (Fsp3) is 0.167. The molecule has 0 aromatic rings. The minimum atomic E-state index is 0.492. The Bertz CT molecular complexity index is 82.2. The highest BCUT2D eigenvalue weighted by atomic mass is 16.1. The van der Waals surface area contributed by atoms with Gasteiger partial charge in [0.1, 0.15) is 6.29 Å². The van der Waals surface area contributed by atoms with Gasteiger partial charge in [-0.05, 0) is 0 Å². The first-order valence-electron chi connectivity index (χ1n) is 2.13. The van der Waals surface area contributed by atoms with Crippen molar-refractivity contribution in [2.24, 2.45) is 0 Å². The fourth-order valence-corrected chi connectivity index (χ4v) is 0.230. The van der Waals surface area contributed by atoms with Crippen LogP contribution in [0.25, 0.3) is 0 Å². The molecule has 0 radical (unpaired) electrons. The van der Waals surface area contributed by atoms with E-state index in [1.165, 1.54) is 0 Å². The van der Waals surface area contributed by atoms with Crippen LogP contribution in [-0.2, 0) is 4.79 Å². The average Bonchev–Trinajstić information content (AvgIpc) is 1.69. The van der Waals surface area contributed by atoms with Crippen LogP contribution < -0.4 is 0 Å². The van der Waals surface area contributed by atoms with E-state index in [1.807, 2.05) is 0 Å². The molecule has 0 aromatic heterocycles. The summed E-state index contributed by atoms with van der Waals surface area (Å²) >= 11 is 0. The molecule has 0 aliphatic carbocycles. The molecule has 0 fully saturated rings. The van der Waals surface area contributed by atoms with Gasteiger partial charge in [0.05, 0.1) is 0 Å². The number of hydrogen-bond donors (Lipinski definition) is 0. The van der Waals surface area contributed by atoms with Crippen LogP contribution in [0, 0.1) is 0 Å². The van der Waals surface area contributed by atoms with E-state index < -0.39 is 0 Å². The standard InChI is InChI=1S/C6H8O/c1-2-3-4-5-6-7/h2-4,6H,1,5H2/b4-3-. The highest BCUT2D eigenvalue weighted by molar-refractivity contribution is 5.51. The van der Waals surface area contributed by atoms with Gasteiger partial charge in [0, 0.05) is 6.42 Å². The van der Waals surface area contributed by atoms with Crippen LogP contribution in [0.5, 0.6) is 0 Å². The van der Waals surface area contributed by atoms with Gasteiger partial charge < -0.3 is 4.79 Å². The average molecular weight is 96.1 g/mol. The van der Waals surface area contributed by atoms with Crippen LogP contribution in [0.3, 0.4) is 0 Å². The van der Waals surface area contributed by atoms with Crippen LogP contribution >= 0.6 is 0 Å². The second-order valence-electron chi connectivity index (χ2n) is 1.07. The summed E-state index contributed by atoms with van der Waals surface area (Å²) in [5.41, 5.74) is 0. The predicted octanol–water partition coefficient (Wildman–Crippen LogP) is 1.32. The molecular weight excluding hydrogens is 88.1 g/mol. The Labute approximate surface area is 43.3 Å². The lowest BCUT2D eigenvalue weighted by Crippen LogP contribution is -1.62. The van der Waals surface area contributed by atoms with Gasteiger partial charge in [-0.15, -0.1) is 0 Å². The largest absolute Gasteiger partial charge is 0.303 e. The van der Waals surface area contributed by atoms with Crippen LogP contribution in [0.1, 0.15) is 6.42 Å². The van der Waals surface area contributed by atoms with Crippen molar-refractivity contribution in [2.75, 3.05) is 0 Å². The summed E-state index contributed by atoms with van der Waals surface area (Å²) in [6.07, 6.45) is 6.48. The Morgan fingerprint density at radius 1 is 1.57 bits per heavy atom. The smallest absolute Gasteiger partial charge is 0.123 e. The molecule has 0 heterocycles. The zero-order valence-electron chi connectivity index (χ0n) is 4.13. The van der Waals surface area contributed by atoms with Crippen molar-refractivity contribution < 1.29 is 4.79 Å². The Hall–Kier alpha value is -0.850. The summed E-state index contributed by atoms with van der Waals surface area (Å²) in [5.74, 6) is 0. The van der Waals surface area contributed by atoms with Crippen LogP contribution in [0.15, 0.2) is 24.8 Å². The van der Waals surface area contributed by atoms with Crippen LogP contribution in [-0.4, -0.2) is 6.29 Å². The molecule has 38 valence electrons. The lowest BCUT2D eigenvalue weighted by atomic mass is 10.4. The number of allylic oxidation sites excluding steroid dienone is 3. The van der Waals surface area contributed by atoms with Crippen molar-refractivity contribution in [1.82, 2.24) is 0 Å². The van der Waals surface area contributed by atoms with Crippen molar-refractivity contribution in [3.8, 4) is 0 Å². The SMILES string of the molecule is C=C/C=C\CC=O. The Kier molecular flexibility index (Phi) is 4.52. The normalized spacial score (nSPS) is 9.14. The maximum atomic E-state index is 9.59. The van der Waals surface area contributed by atoms with Gasteiger partial charge >= 0.3 is 0 Å². The molecule has 0 aliphatic heterocycles. The molecule has 0 spiro atoms. The summed E-state index contributed by atoms with van der Waals surface area (Å²) in [4.78, 5) is 9.59. The fourth-order valence-electron chi connectivity index (χ4n) is 0.230. The van der Waals surface area contributed by atoms with Gasteiger partial charge in [-0.2, -0.15) is 0 Å². The molecule has 0 unspecified atom stereocenters.